The Balaban J connectivity index is 1.41. The molecule has 3 aromatic carbocycles. The predicted molar refractivity (Wildman–Crippen MR) is 142 cm³/mol. The second-order valence-corrected chi connectivity index (χ2v) is 9.00. The molecule has 1 aliphatic heterocycles. The standard InChI is InChI=1S/C30H32N2O4/c1-33-25-12-6-21(7-13-25)28-29(22-8-14-26(34-2)15-9-22)32-36-30(28)23-10-16-27(17-11-23)35-20-18-24-5-3-4-19-31-24/h6-17,24,31H,3-5,18-20H2,1-2H3. The number of ether oxygens (including phenoxy) is 3. The highest BCUT2D eigenvalue weighted by molar-refractivity contribution is 5.90. The molecule has 1 aromatic heterocycles. The smallest absolute Gasteiger partial charge is 0.175 e. The summed E-state index contributed by atoms with van der Waals surface area (Å²) in [6.45, 7) is 1.82. The van der Waals surface area contributed by atoms with E-state index in [1.165, 1.54) is 19.3 Å². The lowest BCUT2D eigenvalue weighted by molar-refractivity contribution is 0.268. The van der Waals surface area contributed by atoms with Crippen molar-refractivity contribution in [3.05, 3.63) is 72.8 Å². The molecule has 36 heavy (non-hydrogen) atoms. The van der Waals surface area contributed by atoms with Gasteiger partial charge in [0.25, 0.3) is 0 Å². The van der Waals surface area contributed by atoms with Crippen LogP contribution in [0, 0.1) is 0 Å². The maximum atomic E-state index is 6.02. The number of hydrogen-bond acceptors (Lipinski definition) is 6. The molecule has 1 atom stereocenters. The summed E-state index contributed by atoms with van der Waals surface area (Å²) in [5, 5.41) is 8.05. The molecule has 1 aliphatic rings. The van der Waals surface area contributed by atoms with Crippen molar-refractivity contribution in [2.45, 2.75) is 31.7 Å². The van der Waals surface area contributed by atoms with E-state index in [0.29, 0.717) is 18.4 Å². The van der Waals surface area contributed by atoms with Gasteiger partial charge in [-0.05, 0) is 92.0 Å². The minimum Gasteiger partial charge on any atom is -0.497 e. The summed E-state index contributed by atoms with van der Waals surface area (Å²) in [6.07, 6.45) is 4.84. The first-order valence-corrected chi connectivity index (χ1v) is 12.5. The van der Waals surface area contributed by atoms with E-state index >= 15 is 0 Å². The molecule has 5 rings (SSSR count). The number of rotatable bonds is 9. The van der Waals surface area contributed by atoms with E-state index < -0.39 is 0 Å². The zero-order chi connectivity index (χ0) is 24.7. The van der Waals surface area contributed by atoms with Crippen LogP contribution >= 0.6 is 0 Å². The van der Waals surface area contributed by atoms with Crippen LogP contribution in [0.2, 0.25) is 0 Å². The van der Waals surface area contributed by atoms with Gasteiger partial charge in [-0.2, -0.15) is 0 Å². The van der Waals surface area contributed by atoms with Gasteiger partial charge in [-0.3, -0.25) is 0 Å². The minimum atomic E-state index is 0.565. The van der Waals surface area contributed by atoms with Crippen LogP contribution in [0.25, 0.3) is 33.7 Å². The summed E-state index contributed by atoms with van der Waals surface area (Å²) in [5.41, 5.74) is 4.60. The van der Waals surface area contributed by atoms with Crippen molar-refractivity contribution < 1.29 is 18.7 Å². The monoisotopic (exact) mass is 484 g/mol. The molecular formula is C30H32N2O4. The van der Waals surface area contributed by atoms with Crippen LogP contribution < -0.4 is 19.5 Å². The van der Waals surface area contributed by atoms with Crippen LogP contribution in [0.4, 0.5) is 0 Å². The Morgan fingerprint density at radius 1 is 0.778 bits per heavy atom. The third-order valence-electron chi connectivity index (χ3n) is 6.70. The molecule has 4 aromatic rings. The van der Waals surface area contributed by atoms with Crippen molar-refractivity contribution in [1.29, 1.82) is 0 Å². The summed E-state index contributed by atoms with van der Waals surface area (Å²) in [7, 11) is 3.32. The number of piperidine rings is 1. The molecule has 0 aliphatic carbocycles. The minimum absolute atomic E-state index is 0.565. The molecule has 1 unspecified atom stereocenters. The number of nitrogens with zero attached hydrogens (tertiary/aromatic N) is 1. The van der Waals surface area contributed by atoms with Crippen molar-refractivity contribution in [3.8, 4) is 51.0 Å². The Bertz CT molecular complexity index is 1240. The lowest BCUT2D eigenvalue weighted by Gasteiger charge is -2.23. The van der Waals surface area contributed by atoms with Crippen LogP contribution in [0.1, 0.15) is 25.7 Å². The molecule has 0 radical (unpaired) electrons. The predicted octanol–water partition coefficient (Wildman–Crippen LogP) is 6.60. The van der Waals surface area contributed by atoms with Crippen molar-refractivity contribution in [3.63, 3.8) is 0 Å². The van der Waals surface area contributed by atoms with Gasteiger partial charge >= 0.3 is 0 Å². The quantitative estimate of drug-likeness (QED) is 0.289. The van der Waals surface area contributed by atoms with Crippen molar-refractivity contribution >= 4 is 0 Å². The topological polar surface area (TPSA) is 65.8 Å². The van der Waals surface area contributed by atoms with Crippen molar-refractivity contribution in [2.75, 3.05) is 27.4 Å². The molecule has 6 nitrogen and oxygen atoms in total. The molecule has 2 heterocycles. The molecule has 0 amide bonds. The Hall–Kier alpha value is -3.77. The van der Waals surface area contributed by atoms with Crippen LogP contribution in [-0.4, -0.2) is 38.6 Å². The fourth-order valence-corrected chi connectivity index (χ4v) is 4.65. The number of nitrogens with one attached hydrogen (secondary N) is 1. The van der Waals surface area contributed by atoms with E-state index in [4.69, 9.17) is 18.7 Å². The molecule has 1 N–H and O–H groups in total. The van der Waals surface area contributed by atoms with Crippen LogP contribution in [0.5, 0.6) is 17.2 Å². The van der Waals surface area contributed by atoms with Gasteiger partial charge in [-0.15, -0.1) is 0 Å². The lowest BCUT2D eigenvalue weighted by Crippen LogP contribution is -2.35. The molecule has 1 saturated heterocycles. The van der Waals surface area contributed by atoms with Crippen LogP contribution in [-0.2, 0) is 0 Å². The van der Waals surface area contributed by atoms with Gasteiger partial charge in [-0.1, -0.05) is 23.7 Å². The average Bonchev–Trinajstić information content (AvgIpc) is 3.39. The molecular weight excluding hydrogens is 452 g/mol. The first-order valence-electron chi connectivity index (χ1n) is 12.5. The first-order chi connectivity index (χ1) is 17.7. The lowest BCUT2D eigenvalue weighted by atomic mass is 9.96. The number of methoxy groups -OCH3 is 2. The molecule has 0 saturated carbocycles. The van der Waals surface area contributed by atoms with E-state index in [2.05, 4.69) is 10.5 Å². The van der Waals surface area contributed by atoms with Crippen molar-refractivity contribution in [2.24, 2.45) is 0 Å². The molecule has 1 fully saturated rings. The fraction of sp³-hybridized carbons (Fsp3) is 0.300. The van der Waals surface area contributed by atoms with Gasteiger partial charge in [0.15, 0.2) is 5.76 Å². The maximum Gasteiger partial charge on any atom is 0.175 e. The zero-order valence-corrected chi connectivity index (χ0v) is 20.8. The third-order valence-corrected chi connectivity index (χ3v) is 6.70. The van der Waals surface area contributed by atoms with Crippen molar-refractivity contribution in [1.82, 2.24) is 10.5 Å². The van der Waals surface area contributed by atoms with E-state index in [0.717, 1.165) is 58.2 Å². The highest BCUT2D eigenvalue weighted by Gasteiger charge is 2.21. The first kappa shape index (κ1) is 23.9. The van der Waals surface area contributed by atoms with Gasteiger partial charge in [0.05, 0.1) is 26.4 Å². The summed E-state index contributed by atoms with van der Waals surface area (Å²) in [5.74, 6) is 3.16. The molecule has 0 spiro atoms. The van der Waals surface area contributed by atoms with Gasteiger partial charge in [0.1, 0.15) is 22.9 Å². The largest absolute Gasteiger partial charge is 0.497 e. The van der Waals surface area contributed by atoms with E-state index in [-0.39, 0.29) is 0 Å². The van der Waals surface area contributed by atoms with Gasteiger partial charge in [-0.25, -0.2) is 0 Å². The number of hydrogen-bond donors (Lipinski definition) is 1. The van der Waals surface area contributed by atoms with Gasteiger partial charge in [0, 0.05) is 17.2 Å². The Morgan fingerprint density at radius 2 is 1.39 bits per heavy atom. The number of aromatic nitrogens is 1. The van der Waals surface area contributed by atoms with E-state index in [1.807, 2.05) is 72.8 Å². The fourth-order valence-electron chi connectivity index (χ4n) is 4.65. The summed E-state index contributed by atoms with van der Waals surface area (Å²) < 4.78 is 22.6. The second kappa shape index (κ2) is 11.3. The van der Waals surface area contributed by atoms with E-state index in [9.17, 15) is 0 Å². The summed E-state index contributed by atoms with van der Waals surface area (Å²) in [6, 6.07) is 24.4. The third kappa shape index (κ3) is 5.39. The molecule has 186 valence electrons. The summed E-state index contributed by atoms with van der Waals surface area (Å²) >= 11 is 0. The van der Waals surface area contributed by atoms with Crippen LogP contribution in [0.3, 0.4) is 0 Å². The average molecular weight is 485 g/mol. The van der Waals surface area contributed by atoms with Gasteiger partial charge < -0.3 is 24.1 Å². The second-order valence-electron chi connectivity index (χ2n) is 9.00. The Labute approximate surface area is 212 Å². The number of benzene rings is 3. The normalized spacial score (nSPS) is 15.4. The summed E-state index contributed by atoms with van der Waals surface area (Å²) in [4.78, 5) is 0. The van der Waals surface area contributed by atoms with Gasteiger partial charge in [0.2, 0.25) is 0 Å². The molecule has 6 heteroatoms. The highest BCUT2D eigenvalue weighted by atomic mass is 16.5. The maximum absolute atomic E-state index is 6.02. The zero-order valence-electron chi connectivity index (χ0n) is 20.8. The Kier molecular flexibility index (Phi) is 7.52. The van der Waals surface area contributed by atoms with E-state index in [1.54, 1.807) is 14.2 Å². The Morgan fingerprint density at radius 3 is 2.00 bits per heavy atom. The SMILES string of the molecule is COc1ccc(-c2noc(-c3ccc(OCCC4CCCCN4)cc3)c2-c2ccc(OC)cc2)cc1. The highest BCUT2D eigenvalue weighted by Crippen LogP contribution is 2.41. The van der Waals surface area contributed by atoms with Crippen LogP contribution in [0.15, 0.2) is 77.3 Å². The molecule has 0 bridgehead atoms.